The SMILES string of the molecule is O=[N+]([O-])c1ccc2c(c1)[C]CCO2. The number of nitrogens with zero attached hydrogens (tertiary/aromatic N) is 1. The maximum absolute atomic E-state index is 10.4. The third-order valence-electron chi connectivity index (χ3n) is 1.85. The topological polar surface area (TPSA) is 52.4 Å². The minimum Gasteiger partial charge on any atom is -0.493 e. The van der Waals surface area contributed by atoms with E-state index in [0.717, 1.165) is 0 Å². The van der Waals surface area contributed by atoms with Gasteiger partial charge >= 0.3 is 0 Å². The summed E-state index contributed by atoms with van der Waals surface area (Å²) in [6.07, 6.45) is 3.72. The van der Waals surface area contributed by atoms with Crippen LogP contribution in [0.15, 0.2) is 18.2 Å². The summed E-state index contributed by atoms with van der Waals surface area (Å²) in [6.45, 7) is 0.602. The molecule has 0 spiro atoms. The van der Waals surface area contributed by atoms with Gasteiger partial charge in [0, 0.05) is 24.1 Å². The number of ether oxygens (including phenoxy) is 1. The number of rotatable bonds is 1. The second kappa shape index (κ2) is 3.05. The van der Waals surface area contributed by atoms with Gasteiger partial charge in [0.2, 0.25) is 0 Å². The zero-order chi connectivity index (χ0) is 9.26. The number of nitro groups is 1. The first-order valence-electron chi connectivity index (χ1n) is 3.92. The number of nitro benzene ring substituents is 1. The quantitative estimate of drug-likeness (QED) is 0.485. The van der Waals surface area contributed by atoms with Crippen LogP contribution in [0.4, 0.5) is 5.69 Å². The first-order valence-corrected chi connectivity index (χ1v) is 3.92. The van der Waals surface area contributed by atoms with Gasteiger partial charge in [0.05, 0.1) is 11.5 Å². The number of benzene rings is 1. The van der Waals surface area contributed by atoms with Crippen molar-refractivity contribution in [1.29, 1.82) is 0 Å². The number of hydrogen-bond acceptors (Lipinski definition) is 3. The van der Waals surface area contributed by atoms with Crippen LogP contribution in [-0.4, -0.2) is 11.5 Å². The third-order valence-corrected chi connectivity index (χ3v) is 1.85. The summed E-state index contributed by atoms with van der Waals surface area (Å²) in [5, 5.41) is 10.4. The lowest BCUT2D eigenvalue weighted by Gasteiger charge is -2.15. The molecule has 1 heterocycles. The van der Waals surface area contributed by atoms with Gasteiger partial charge in [-0.05, 0) is 12.5 Å². The highest BCUT2D eigenvalue weighted by Crippen LogP contribution is 2.29. The van der Waals surface area contributed by atoms with Crippen molar-refractivity contribution >= 4 is 5.69 Å². The predicted molar refractivity (Wildman–Crippen MR) is 45.6 cm³/mol. The largest absolute Gasteiger partial charge is 0.493 e. The van der Waals surface area contributed by atoms with Crippen LogP contribution >= 0.6 is 0 Å². The Hall–Kier alpha value is -1.58. The summed E-state index contributed by atoms with van der Waals surface area (Å²) in [6, 6.07) is 4.53. The van der Waals surface area contributed by atoms with Crippen molar-refractivity contribution in [2.45, 2.75) is 6.42 Å². The van der Waals surface area contributed by atoms with Crippen LogP contribution in [0.1, 0.15) is 12.0 Å². The van der Waals surface area contributed by atoms with Crippen LogP contribution in [0.3, 0.4) is 0 Å². The molecule has 1 aromatic carbocycles. The van der Waals surface area contributed by atoms with Gasteiger partial charge in [-0.15, -0.1) is 0 Å². The fourth-order valence-corrected chi connectivity index (χ4v) is 1.24. The molecule has 0 amide bonds. The molecule has 0 fully saturated rings. The Morgan fingerprint density at radius 3 is 3.15 bits per heavy atom. The van der Waals surface area contributed by atoms with Gasteiger partial charge in [-0.1, -0.05) is 0 Å². The molecule has 1 aromatic rings. The normalized spacial score (nSPS) is 14.5. The first kappa shape index (κ1) is 8.04. The Bertz CT molecular complexity index is 349. The van der Waals surface area contributed by atoms with Crippen molar-refractivity contribution in [3.05, 3.63) is 40.3 Å². The van der Waals surface area contributed by atoms with Crippen molar-refractivity contribution in [1.82, 2.24) is 0 Å². The summed E-state index contributed by atoms with van der Waals surface area (Å²) < 4.78 is 5.27. The second-order valence-electron chi connectivity index (χ2n) is 2.71. The smallest absolute Gasteiger partial charge is 0.269 e. The van der Waals surface area contributed by atoms with Gasteiger partial charge in [0.15, 0.2) is 0 Å². The lowest BCUT2D eigenvalue weighted by molar-refractivity contribution is -0.384. The highest BCUT2D eigenvalue weighted by Gasteiger charge is 2.14. The summed E-state index contributed by atoms with van der Waals surface area (Å²) in [7, 11) is 0. The van der Waals surface area contributed by atoms with Gasteiger partial charge in [0.1, 0.15) is 5.75 Å². The summed E-state index contributed by atoms with van der Waals surface area (Å²) in [5.41, 5.74) is 0.775. The van der Waals surface area contributed by atoms with Crippen LogP contribution in [0, 0.1) is 16.5 Å². The minimum absolute atomic E-state index is 0.0803. The number of fused-ring (bicyclic) bond motifs is 1. The molecule has 0 atom stereocenters. The molecule has 0 bridgehead atoms. The van der Waals surface area contributed by atoms with Crippen molar-refractivity contribution in [3.63, 3.8) is 0 Å². The molecule has 13 heavy (non-hydrogen) atoms. The molecule has 0 aliphatic carbocycles. The zero-order valence-electron chi connectivity index (χ0n) is 6.82. The van der Waals surface area contributed by atoms with Gasteiger partial charge in [-0.25, -0.2) is 0 Å². The van der Waals surface area contributed by atoms with E-state index >= 15 is 0 Å². The van der Waals surface area contributed by atoms with Gasteiger partial charge in [-0.2, -0.15) is 0 Å². The van der Waals surface area contributed by atoms with Crippen LogP contribution in [-0.2, 0) is 0 Å². The van der Waals surface area contributed by atoms with E-state index in [-0.39, 0.29) is 5.69 Å². The monoisotopic (exact) mass is 177 g/mol. The number of hydrogen-bond donors (Lipinski definition) is 0. The van der Waals surface area contributed by atoms with Crippen molar-refractivity contribution < 1.29 is 9.66 Å². The van der Waals surface area contributed by atoms with E-state index in [2.05, 4.69) is 6.42 Å². The molecule has 2 rings (SSSR count). The molecule has 0 aromatic heterocycles. The predicted octanol–water partition coefficient (Wildman–Crippen LogP) is 1.81. The summed E-state index contributed by atoms with van der Waals surface area (Å²) in [5.74, 6) is 0.678. The van der Waals surface area contributed by atoms with E-state index in [1.165, 1.54) is 12.1 Å². The molecule has 1 aliphatic heterocycles. The molecular weight excluding hydrogens is 170 g/mol. The highest BCUT2D eigenvalue weighted by molar-refractivity contribution is 5.48. The zero-order valence-corrected chi connectivity index (χ0v) is 6.82. The average Bonchev–Trinajstić information content (AvgIpc) is 2.17. The molecule has 1 aliphatic rings. The number of non-ortho nitro benzene ring substituents is 1. The lowest BCUT2D eigenvalue weighted by Crippen LogP contribution is -2.06. The third kappa shape index (κ3) is 1.47. The van der Waals surface area contributed by atoms with Gasteiger partial charge in [0.25, 0.3) is 5.69 Å². The lowest BCUT2D eigenvalue weighted by atomic mass is 10.1. The van der Waals surface area contributed by atoms with Crippen LogP contribution in [0.2, 0.25) is 0 Å². The van der Waals surface area contributed by atoms with E-state index in [4.69, 9.17) is 4.74 Å². The minimum atomic E-state index is -0.420. The Morgan fingerprint density at radius 2 is 2.38 bits per heavy atom. The molecule has 4 heteroatoms. The fraction of sp³-hybridized carbons (Fsp3) is 0.222. The molecule has 0 unspecified atom stereocenters. The Balaban J connectivity index is 2.40. The second-order valence-corrected chi connectivity index (χ2v) is 2.71. The summed E-state index contributed by atoms with van der Waals surface area (Å²) in [4.78, 5) is 10.0. The van der Waals surface area contributed by atoms with E-state index in [1.54, 1.807) is 6.07 Å². The highest BCUT2D eigenvalue weighted by atomic mass is 16.6. The van der Waals surface area contributed by atoms with E-state index in [1.807, 2.05) is 0 Å². The fourth-order valence-electron chi connectivity index (χ4n) is 1.24. The van der Waals surface area contributed by atoms with Crippen LogP contribution in [0.5, 0.6) is 5.75 Å². The molecule has 66 valence electrons. The van der Waals surface area contributed by atoms with Crippen LogP contribution in [0.25, 0.3) is 0 Å². The van der Waals surface area contributed by atoms with Crippen molar-refractivity contribution in [2.75, 3.05) is 6.61 Å². The molecular formula is C9H7NO3. The van der Waals surface area contributed by atoms with Crippen molar-refractivity contribution in [3.8, 4) is 5.75 Å². The average molecular weight is 177 g/mol. The Kier molecular flexibility index (Phi) is 1.88. The van der Waals surface area contributed by atoms with E-state index in [9.17, 15) is 10.1 Å². The van der Waals surface area contributed by atoms with Crippen LogP contribution < -0.4 is 4.74 Å². The molecule has 0 N–H and O–H groups in total. The maximum atomic E-state index is 10.4. The van der Waals surface area contributed by atoms with E-state index < -0.39 is 4.92 Å². The standard InChI is InChI=1S/C9H7NO3/c11-10(12)8-3-4-9-7(6-8)2-1-5-13-9/h3-4,6H,1,5H2. The Morgan fingerprint density at radius 1 is 1.54 bits per heavy atom. The molecule has 2 radical (unpaired) electrons. The van der Waals surface area contributed by atoms with Crippen molar-refractivity contribution in [2.24, 2.45) is 0 Å². The molecule has 4 nitrogen and oxygen atoms in total. The van der Waals surface area contributed by atoms with E-state index in [0.29, 0.717) is 24.3 Å². The van der Waals surface area contributed by atoms with Gasteiger partial charge in [-0.3, -0.25) is 10.1 Å². The molecule has 0 saturated heterocycles. The maximum Gasteiger partial charge on any atom is 0.269 e. The first-order chi connectivity index (χ1) is 6.27. The van der Waals surface area contributed by atoms with Gasteiger partial charge < -0.3 is 4.74 Å². The summed E-state index contributed by atoms with van der Waals surface area (Å²) >= 11 is 0. The Labute approximate surface area is 75.3 Å². The molecule has 0 saturated carbocycles.